The van der Waals surface area contributed by atoms with Crippen molar-refractivity contribution >= 4 is 18.5 Å². The Balaban J connectivity index is 0. The average molecular weight is 221 g/mol. The molecule has 0 aromatic heterocycles. The van der Waals surface area contributed by atoms with E-state index >= 15 is 0 Å². The molecule has 0 fully saturated rings. The van der Waals surface area contributed by atoms with E-state index in [0.717, 1.165) is 0 Å². The first kappa shape index (κ1) is 15.5. The molecule has 0 spiro atoms. The predicted molar refractivity (Wildman–Crippen MR) is 58.3 cm³/mol. The highest BCUT2D eigenvalue weighted by molar-refractivity contribution is 5.85. The molecule has 4 nitrogen and oxygen atoms in total. The highest BCUT2D eigenvalue weighted by Crippen LogP contribution is 2.05. The number of nitrogens with two attached hydrogens (primary N) is 1. The molecule has 3 N–H and O–H groups in total. The molecule has 0 aromatic carbocycles. The standard InChI is InChI=1S/C9H16N2O2.ClH/c1-9(2,3)13-8(12)11-7-5-4-6-10;/h6-7,10H2,1-3H3,(H,11,12);1H. The molecule has 0 rings (SSSR count). The molecule has 0 radical (unpaired) electrons. The Bertz CT molecular complexity index is 225. The predicted octanol–water partition coefficient (Wildman–Crippen LogP) is 0.895. The molecule has 0 unspecified atom stereocenters. The van der Waals surface area contributed by atoms with Crippen LogP contribution in [0.25, 0.3) is 0 Å². The van der Waals surface area contributed by atoms with Gasteiger partial charge in [0.25, 0.3) is 0 Å². The van der Waals surface area contributed by atoms with Crippen molar-refractivity contribution in [1.82, 2.24) is 5.32 Å². The quantitative estimate of drug-likeness (QED) is 0.646. The van der Waals surface area contributed by atoms with E-state index in [9.17, 15) is 4.79 Å². The van der Waals surface area contributed by atoms with Crippen LogP contribution >= 0.6 is 12.4 Å². The number of amides is 1. The summed E-state index contributed by atoms with van der Waals surface area (Å²) in [5.74, 6) is 5.29. The minimum atomic E-state index is -0.467. The van der Waals surface area contributed by atoms with Gasteiger partial charge in [-0.1, -0.05) is 11.8 Å². The zero-order chi connectivity index (χ0) is 10.3. The van der Waals surface area contributed by atoms with Crippen LogP contribution in [0.15, 0.2) is 0 Å². The van der Waals surface area contributed by atoms with Gasteiger partial charge in [0.2, 0.25) is 0 Å². The minimum Gasteiger partial charge on any atom is -0.444 e. The van der Waals surface area contributed by atoms with Crippen molar-refractivity contribution in [2.75, 3.05) is 13.1 Å². The molecule has 0 heterocycles. The van der Waals surface area contributed by atoms with Gasteiger partial charge in [0, 0.05) is 0 Å². The van der Waals surface area contributed by atoms with Gasteiger partial charge in [-0.2, -0.15) is 0 Å². The van der Waals surface area contributed by atoms with E-state index in [1.165, 1.54) is 0 Å². The van der Waals surface area contributed by atoms with Crippen LogP contribution in [0.1, 0.15) is 20.8 Å². The summed E-state index contributed by atoms with van der Waals surface area (Å²) >= 11 is 0. The van der Waals surface area contributed by atoms with Crippen LogP contribution in [0.5, 0.6) is 0 Å². The Morgan fingerprint density at radius 1 is 1.43 bits per heavy atom. The van der Waals surface area contributed by atoms with E-state index in [0.29, 0.717) is 6.54 Å². The van der Waals surface area contributed by atoms with Crippen LogP contribution in [0.4, 0.5) is 4.79 Å². The van der Waals surface area contributed by atoms with Crippen molar-refractivity contribution in [2.45, 2.75) is 26.4 Å². The molecule has 0 aliphatic rings. The summed E-state index contributed by atoms with van der Waals surface area (Å²) in [4.78, 5) is 11.0. The van der Waals surface area contributed by atoms with Gasteiger partial charge in [-0.25, -0.2) is 4.79 Å². The van der Waals surface area contributed by atoms with Gasteiger partial charge in [-0.15, -0.1) is 12.4 Å². The third-order valence-electron chi connectivity index (χ3n) is 0.947. The fourth-order valence-electron chi connectivity index (χ4n) is 0.565. The smallest absolute Gasteiger partial charge is 0.408 e. The van der Waals surface area contributed by atoms with E-state index < -0.39 is 11.7 Å². The summed E-state index contributed by atoms with van der Waals surface area (Å²) in [5, 5.41) is 2.48. The SMILES string of the molecule is CC(C)(C)OC(=O)NCC#CCN.Cl. The van der Waals surface area contributed by atoms with Crippen molar-refractivity contribution in [1.29, 1.82) is 0 Å². The minimum absolute atomic E-state index is 0. The van der Waals surface area contributed by atoms with E-state index in [1.807, 2.05) is 0 Å². The molecular formula is C9H17ClN2O2. The van der Waals surface area contributed by atoms with E-state index in [2.05, 4.69) is 17.2 Å². The van der Waals surface area contributed by atoms with E-state index in [-0.39, 0.29) is 19.0 Å². The van der Waals surface area contributed by atoms with Crippen LogP contribution < -0.4 is 11.1 Å². The molecular weight excluding hydrogens is 204 g/mol. The maximum atomic E-state index is 11.0. The number of alkyl carbamates (subject to hydrolysis) is 1. The second kappa shape index (κ2) is 7.48. The van der Waals surface area contributed by atoms with Gasteiger partial charge in [0.1, 0.15) is 5.60 Å². The van der Waals surface area contributed by atoms with Gasteiger partial charge >= 0.3 is 6.09 Å². The van der Waals surface area contributed by atoms with Gasteiger partial charge in [0.05, 0.1) is 13.1 Å². The van der Waals surface area contributed by atoms with Crippen LogP contribution in [0, 0.1) is 11.8 Å². The lowest BCUT2D eigenvalue weighted by Gasteiger charge is -2.18. The molecule has 0 aliphatic carbocycles. The zero-order valence-corrected chi connectivity index (χ0v) is 9.53. The van der Waals surface area contributed by atoms with Crippen molar-refractivity contribution in [3.63, 3.8) is 0 Å². The molecule has 82 valence electrons. The topological polar surface area (TPSA) is 64.3 Å². The number of halogens is 1. The summed E-state index contributed by atoms with van der Waals surface area (Å²) in [5.41, 5.74) is 4.66. The fraction of sp³-hybridized carbons (Fsp3) is 0.667. The van der Waals surface area contributed by atoms with Crippen molar-refractivity contribution < 1.29 is 9.53 Å². The third-order valence-corrected chi connectivity index (χ3v) is 0.947. The van der Waals surface area contributed by atoms with Crippen LogP contribution in [-0.2, 0) is 4.74 Å². The second-order valence-corrected chi connectivity index (χ2v) is 3.41. The average Bonchev–Trinajstić information content (AvgIpc) is 1.94. The van der Waals surface area contributed by atoms with Gasteiger partial charge in [0.15, 0.2) is 0 Å². The first-order valence-electron chi connectivity index (χ1n) is 4.08. The highest BCUT2D eigenvalue weighted by Gasteiger charge is 2.14. The molecule has 0 saturated carbocycles. The number of ether oxygens (including phenoxy) is 1. The lowest BCUT2D eigenvalue weighted by molar-refractivity contribution is 0.0535. The maximum Gasteiger partial charge on any atom is 0.408 e. The molecule has 0 aliphatic heterocycles. The molecule has 0 atom stereocenters. The largest absolute Gasteiger partial charge is 0.444 e. The Morgan fingerprint density at radius 3 is 2.43 bits per heavy atom. The van der Waals surface area contributed by atoms with Crippen molar-refractivity contribution in [3.05, 3.63) is 0 Å². The number of hydrogen-bond donors (Lipinski definition) is 2. The first-order chi connectivity index (χ1) is 5.95. The monoisotopic (exact) mass is 220 g/mol. The highest BCUT2D eigenvalue weighted by atomic mass is 35.5. The fourth-order valence-corrected chi connectivity index (χ4v) is 0.565. The number of carbonyl (C=O) groups is 1. The normalized spacial score (nSPS) is 9.14. The number of carbonyl (C=O) groups excluding carboxylic acids is 1. The molecule has 1 amide bonds. The van der Waals surface area contributed by atoms with Gasteiger partial charge in [-0.3, -0.25) is 0 Å². The summed E-state index contributed by atoms with van der Waals surface area (Å²) in [6, 6.07) is 0. The number of hydrogen-bond acceptors (Lipinski definition) is 3. The third kappa shape index (κ3) is 11.1. The lowest BCUT2D eigenvalue weighted by atomic mass is 10.2. The number of rotatable bonds is 1. The van der Waals surface area contributed by atoms with Crippen molar-refractivity contribution in [2.24, 2.45) is 5.73 Å². The van der Waals surface area contributed by atoms with E-state index in [1.54, 1.807) is 20.8 Å². The molecule has 0 saturated heterocycles. The Hall–Kier alpha value is -0.920. The first-order valence-corrected chi connectivity index (χ1v) is 4.08. The summed E-state index contributed by atoms with van der Waals surface area (Å²) < 4.78 is 4.97. The van der Waals surface area contributed by atoms with E-state index in [4.69, 9.17) is 10.5 Å². The zero-order valence-electron chi connectivity index (χ0n) is 8.72. The van der Waals surface area contributed by atoms with Crippen LogP contribution in [0.2, 0.25) is 0 Å². The van der Waals surface area contributed by atoms with Crippen molar-refractivity contribution in [3.8, 4) is 11.8 Å². The van der Waals surface area contributed by atoms with Crippen LogP contribution in [0.3, 0.4) is 0 Å². The summed E-state index contributed by atoms with van der Waals surface area (Å²) in [6.07, 6.45) is -0.459. The van der Waals surface area contributed by atoms with Gasteiger partial charge < -0.3 is 15.8 Å². The lowest BCUT2D eigenvalue weighted by Crippen LogP contribution is -2.32. The molecule has 0 aromatic rings. The van der Waals surface area contributed by atoms with Crippen LogP contribution in [-0.4, -0.2) is 24.8 Å². The number of nitrogens with one attached hydrogen (secondary N) is 1. The maximum absolute atomic E-state index is 11.0. The Labute approximate surface area is 91.0 Å². The van der Waals surface area contributed by atoms with Gasteiger partial charge in [-0.05, 0) is 20.8 Å². The Morgan fingerprint density at radius 2 is 2.00 bits per heavy atom. The Kier molecular flexibility index (Phi) is 8.31. The summed E-state index contributed by atoms with van der Waals surface area (Å²) in [7, 11) is 0. The summed E-state index contributed by atoms with van der Waals surface area (Å²) in [6.45, 7) is 5.98. The molecule has 5 heteroatoms. The second-order valence-electron chi connectivity index (χ2n) is 3.41. The molecule has 0 bridgehead atoms. The molecule has 14 heavy (non-hydrogen) atoms.